The van der Waals surface area contributed by atoms with Crippen molar-refractivity contribution >= 4 is 5.91 Å². The van der Waals surface area contributed by atoms with Crippen molar-refractivity contribution in [3.8, 4) is 11.8 Å². The highest BCUT2D eigenvalue weighted by Crippen LogP contribution is 2.16. The van der Waals surface area contributed by atoms with Crippen LogP contribution in [0.2, 0.25) is 0 Å². The quantitative estimate of drug-likeness (QED) is 0.828. The number of nitrogens with zero attached hydrogens (tertiary/aromatic N) is 2. The molecule has 0 bridgehead atoms. The molecule has 0 radical (unpaired) electrons. The van der Waals surface area contributed by atoms with Crippen LogP contribution in [-0.2, 0) is 11.2 Å². The minimum Gasteiger partial charge on any atom is -0.508 e. The zero-order valence-corrected chi connectivity index (χ0v) is 9.18. The van der Waals surface area contributed by atoms with Gasteiger partial charge < -0.3 is 10.0 Å². The fraction of sp³-hybridized carbons (Fsp3) is 0.333. The second-order valence-corrected chi connectivity index (χ2v) is 3.53. The summed E-state index contributed by atoms with van der Waals surface area (Å²) < 4.78 is 0. The molecule has 0 atom stereocenters. The minimum absolute atomic E-state index is 0.100. The van der Waals surface area contributed by atoms with Gasteiger partial charge in [0.25, 0.3) is 0 Å². The summed E-state index contributed by atoms with van der Waals surface area (Å²) in [6, 6.07) is 8.74. The zero-order valence-electron chi connectivity index (χ0n) is 9.18. The van der Waals surface area contributed by atoms with Crippen LogP contribution in [-0.4, -0.2) is 29.5 Å². The average molecular weight is 218 g/mol. The Bertz CT molecular complexity index is 410. The summed E-state index contributed by atoms with van der Waals surface area (Å²) in [5.41, 5.74) is 0.608. The van der Waals surface area contributed by atoms with E-state index < -0.39 is 0 Å². The maximum absolute atomic E-state index is 11.7. The minimum atomic E-state index is -0.100. The first-order chi connectivity index (χ1) is 7.65. The maximum atomic E-state index is 11.7. The van der Waals surface area contributed by atoms with Crippen molar-refractivity contribution in [2.75, 3.05) is 13.6 Å². The van der Waals surface area contributed by atoms with Crippen molar-refractivity contribution in [1.82, 2.24) is 4.90 Å². The van der Waals surface area contributed by atoms with Crippen LogP contribution in [0, 0.1) is 11.3 Å². The first-order valence-electron chi connectivity index (χ1n) is 5.03. The number of phenolic OH excluding ortho intramolecular Hbond substituents is 1. The van der Waals surface area contributed by atoms with Crippen molar-refractivity contribution in [3.63, 3.8) is 0 Å². The highest BCUT2D eigenvalue weighted by molar-refractivity contribution is 5.79. The third-order valence-corrected chi connectivity index (χ3v) is 2.32. The van der Waals surface area contributed by atoms with E-state index in [0.29, 0.717) is 18.5 Å². The van der Waals surface area contributed by atoms with Gasteiger partial charge in [-0.1, -0.05) is 18.2 Å². The molecule has 0 aliphatic heterocycles. The van der Waals surface area contributed by atoms with Gasteiger partial charge >= 0.3 is 0 Å². The Hall–Kier alpha value is -2.02. The van der Waals surface area contributed by atoms with Crippen molar-refractivity contribution < 1.29 is 9.90 Å². The van der Waals surface area contributed by atoms with Gasteiger partial charge in [-0.3, -0.25) is 4.79 Å². The number of para-hydroxylation sites is 1. The summed E-state index contributed by atoms with van der Waals surface area (Å²) in [7, 11) is 1.65. The lowest BCUT2D eigenvalue weighted by Crippen LogP contribution is -2.28. The Labute approximate surface area is 94.7 Å². The van der Waals surface area contributed by atoms with Gasteiger partial charge in [-0.15, -0.1) is 0 Å². The number of phenols is 1. The molecule has 1 aromatic rings. The van der Waals surface area contributed by atoms with Gasteiger partial charge in [0.15, 0.2) is 0 Å². The molecular weight excluding hydrogens is 204 g/mol. The Balaban J connectivity index is 2.58. The van der Waals surface area contributed by atoms with Crippen LogP contribution in [0.25, 0.3) is 0 Å². The third-order valence-electron chi connectivity index (χ3n) is 2.32. The van der Waals surface area contributed by atoms with Crippen LogP contribution >= 0.6 is 0 Å². The topological polar surface area (TPSA) is 64.3 Å². The lowest BCUT2D eigenvalue weighted by Gasteiger charge is -2.15. The van der Waals surface area contributed by atoms with Crippen LogP contribution in [0.1, 0.15) is 12.0 Å². The largest absolute Gasteiger partial charge is 0.508 e. The second kappa shape index (κ2) is 5.76. The van der Waals surface area contributed by atoms with Crippen molar-refractivity contribution in [3.05, 3.63) is 29.8 Å². The van der Waals surface area contributed by atoms with Gasteiger partial charge in [0.05, 0.1) is 18.9 Å². The number of amides is 1. The summed E-state index contributed by atoms with van der Waals surface area (Å²) in [4.78, 5) is 13.2. The molecule has 1 N–H and O–H groups in total. The molecule has 4 heteroatoms. The highest BCUT2D eigenvalue weighted by Gasteiger charge is 2.11. The number of benzene rings is 1. The zero-order chi connectivity index (χ0) is 12.0. The molecule has 0 unspecified atom stereocenters. The van der Waals surface area contributed by atoms with E-state index in [1.165, 1.54) is 4.90 Å². The lowest BCUT2D eigenvalue weighted by atomic mass is 10.1. The molecule has 16 heavy (non-hydrogen) atoms. The van der Waals surface area contributed by atoms with E-state index >= 15 is 0 Å². The Morgan fingerprint density at radius 2 is 2.19 bits per heavy atom. The van der Waals surface area contributed by atoms with Crippen molar-refractivity contribution in [1.29, 1.82) is 5.26 Å². The van der Waals surface area contributed by atoms with E-state index in [0.717, 1.165) is 0 Å². The number of carbonyl (C=O) groups is 1. The van der Waals surface area contributed by atoms with Gasteiger partial charge in [0.2, 0.25) is 5.91 Å². The van der Waals surface area contributed by atoms with E-state index in [2.05, 4.69) is 0 Å². The molecule has 0 saturated carbocycles. The molecule has 0 spiro atoms. The SMILES string of the molecule is CN(CCC#N)C(=O)Cc1ccccc1O. The standard InChI is InChI=1S/C12H14N2O2/c1-14(8-4-7-13)12(16)9-10-5-2-3-6-11(10)15/h2-3,5-6,15H,4,8-9H2,1H3. The van der Waals surface area contributed by atoms with Gasteiger partial charge in [0.1, 0.15) is 5.75 Å². The molecule has 1 aromatic carbocycles. The number of aromatic hydroxyl groups is 1. The second-order valence-electron chi connectivity index (χ2n) is 3.53. The molecule has 0 saturated heterocycles. The first-order valence-corrected chi connectivity index (χ1v) is 5.03. The number of rotatable bonds is 4. The van der Waals surface area contributed by atoms with E-state index in [-0.39, 0.29) is 18.1 Å². The van der Waals surface area contributed by atoms with Gasteiger partial charge in [-0.05, 0) is 6.07 Å². The smallest absolute Gasteiger partial charge is 0.226 e. The molecule has 4 nitrogen and oxygen atoms in total. The van der Waals surface area contributed by atoms with E-state index in [4.69, 9.17) is 5.26 Å². The average Bonchev–Trinajstić information content (AvgIpc) is 2.28. The number of carbonyl (C=O) groups excluding carboxylic acids is 1. The number of likely N-dealkylation sites (N-methyl/N-ethyl adjacent to an activating group) is 1. The molecule has 1 rings (SSSR count). The summed E-state index contributed by atoms with van der Waals surface area (Å²) in [5.74, 6) is 0.0290. The lowest BCUT2D eigenvalue weighted by molar-refractivity contribution is -0.129. The number of hydrogen-bond donors (Lipinski definition) is 1. The van der Waals surface area contributed by atoms with E-state index in [1.54, 1.807) is 31.3 Å². The molecule has 84 valence electrons. The third kappa shape index (κ3) is 3.28. The maximum Gasteiger partial charge on any atom is 0.226 e. The predicted molar refractivity (Wildman–Crippen MR) is 59.7 cm³/mol. The number of nitriles is 1. The van der Waals surface area contributed by atoms with Crippen LogP contribution in [0.15, 0.2) is 24.3 Å². The molecule has 0 aromatic heterocycles. The van der Waals surface area contributed by atoms with Crippen molar-refractivity contribution in [2.45, 2.75) is 12.8 Å². The molecule has 0 aliphatic rings. The summed E-state index contributed by atoms with van der Waals surface area (Å²) in [5, 5.41) is 17.9. The van der Waals surface area contributed by atoms with Crippen LogP contribution in [0.5, 0.6) is 5.75 Å². The number of hydrogen-bond acceptors (Lipinski definition) is 3. The molecule has 0 heterocycles. The van der Waals surface area contributed by atoms with Crippen LogP contribution < -0.4 is 0 Å². The van der Waals surface area contributed by atoms with Gasteiger partial charge in [0, 0.05) is 19.2 Å². The summed E-state index contributed by atoms with van der Waals surface area (Å²) in [6.07, 6.45) is 0.484. The summed E-state index contributed by atoms with van der Waals surface area (Å²) >= 11 is 0. The van der Waals surface area contributed by atoms with Crippen molar-refractivity contribution in [2.24, 2.45) is 0 Å². The van der Waals surface area contributed by atoms with Crippen LogP contribution in [0.4, 0.5) is 0 Å². The molecule has 0 aliphatic carbocycles. The first kappa shape index (κ1) is 12.1. The monoisotopic (exact) mass is 218 g/mol. The summed E-state index contributed by atoms with van der Waals surface area (Å²) in [6.45, 7) is 0.420. The Kier molecular flexibility index (Phi) is 4.34. The van der Waals surface area contributed by atoms with Gasteiger partial charge in [-0.25, -0.2) is 0 Å². The highest BCUT2D eigenvalue weighted by atomic mass is 16.3. The normalized spacial score (nSPS) is 9.50. The van der Waals surface area contributed by atoms with E-state index in [1.807, 2.05) is 6.07 Å². The Morgan fingerprint density at radius 1 is 1.50 bits per heavy atom. The fourth-order valence-electron chi connectivity index (χ4n) is 1.30. The molecule has 1 amide bonds. The fourth-order valence-corrected chi connectivity index (χ4v) is 1.30. The van der Waals surface area contributed by atoms with E-state index in [9.17, 15) is 9.90 Å². The predicted octanol–water partition coefficient (Wildman–Crippen LogP) is 1.31. The Morgan fingerprint density at radius 3 is 2.81 bits per heavy atom. The van der Waals surface area contributed by atoms with Crippen LogP contribution in [0.3, 0.4) is 0 Å². The molecule has 0 fully saturated rings. The van der Waals surface area contributed by atoms with Gasteiger partial charge in [-0.2, -0.15) is 5.26 Å². The molecular formula is C12H14N2O2.